The molecule has 0 unspecified atom stereocenters. The first-order chi connectivity index (χ1) is 14.1. The first-order valence-corrected chi connectivity index (χ1v) is 9.93. The summed E-state index contributed by atoms with van der Waals surface area (Å²) >= 11 is 0. The molecular weight excluding hydrogens is 366 g/mol. The van der Waals surface area contributed by atoms with Crippen molar-refractivity contribution in [3.63, 3.8) is 0 Å². The van der Waals surface area contributed by atoms with Crippen LogP contribution in [0.15, 0.2) is 42.5 Å². The number of carbonyl (C=O) groups excluding carboxylic acids is 1. The van der Waals surface area contributed by atoms with E-state index in [1.54, 1.807) is 7.11 Å². The number of nitrogens with zero attached hydrogens (tertiary/aromatic N) is 3. The molecule has 4 rings (SSSR count). The number of hydrogen-bond donors (Lipinski definition) is 2. The van der Waals surface area contributed by atoms with E-state index in [1.165, 1.54) is 0 Å². The molecule has 152 valence electrons. The molecule has 0 radical (unpaired) electrons. The summed E-state index contributed by atoms with van der Waals surface area (Å²) in [4.78, 5) is 24.9. The van der Waals surface area contributed by atoms with Gasteiger partial charge in [0.15, 0.2) is 0 Å². The standard InChI is InChI=1S/C22H27N5O2/c1-16-4-3-5-17(12-16)23-22(28)15-27-10-8-26(9-11-27)14-21-24-19-7-6-18(29-2)13-20(19)25-21/h3-7,12-13H,8-11,14-15H2,1-2H3,(H,23,28)(H,24,25). The van der Waals surface area contributed by atoms with Crippen molar-refractivity contribution in [3.05, 3.63) is 53.9 Å². The third-order valence-corrected chi connectivity index (χ3v) is 5.25. The Balaban J connectivity index is 1.26. The Bertz CT molecular complexity index is 992. The first-order valence-electron chi connectivity index (χ1n) is 9.93. The molecule has 1 fully saturated rings. The summed E-state index contributed by atoms with van der Waals surface area (Å²) in [6.45, 7) is 6.79. The minimum atomic E-state index is 0.0373. The van der Waals surface area contributed by atoms with Crippen LogP contribution in [-0.4, -0.2) is 65.5 Å². The van der Waals surface area contributed by atoms with Gasteiger partial charge in [-0.05, 0) is 36.8 Å². The summed E-state index contributed by atoms with van der Waals surface area (Å²) in [6.07, 6.45) is 0. The van der Waals surface area contributed by atoms with Gasteiger partial charge >= 0.3 is 0 Å². The second-order valence-corrected chi connectivity index (χ2v) is 7.54. The predicted octanol–water partition coefficient (Wildman–Crippen LogP) is 2.64. The highest BCUT2D eigenvalue weighted by Crippen LogP contribution is 2.19. The molecule has 1 aliphatic rings. The lowest BCUT2D eigenvalue weighted by Gasteiger charge is -2.33. The molecular formula is C22H27N5O2. The van der Waals surface area contributed by atoms with E-state index >= 15 is 0 Å². The Labute approximate surface area is 170 Å². The molecule has 0 aliphatic carbocycles. The van der Waals surface area contributed by atoms with Crippen LogP contribution >= 0.6 is 0 Å². The molecule has 0 spiro atoms. The fraction of sp³-hybridized carbons (Fsp3) is 0.364. The van der Waals surface area contributed by atoms with Crippen molar-refractivity contribution in [2.24, 2.45) is 0 Å². The zero-order valence-corrected chi connectivity index (χ0v) is 16.9. The summed E-state index contributed by atoms with van der Waals surface area (Å²) in [5.41, 5.74) is 3.94. The average molecular weight is 393 g/mol. The quantitative estimate of drug-likeness (QED) is 0.674. The van der Waals surface area contributed by atoms with Crippen LogP contribution in [0.3, 0.4) is 0 Å². The number of benzene rings is 2. The number of ether oxygens (including phenoxy) is 1. The van der Waals surface area contributed by atoms with Crippen molar-refractivity contribution in [1.29, 1.82) is 0 Å². The van der Waals surface area contributed by atoms with E-state index in [1.807, 2.05) is 49.4 Å². The van der Waals surface area contributed by atoms with E-state index in [4.69, 9.17) is 4.74 Å². The molecule has 1 aliphatic heterocycles. The van der Waals surface area contributed by atoms with E-state index in [9.17, 15) is 4.79 Å². The minimum Gasteiger partial charge on any atom is -0.497 e. The largest absolute Gasteiger partial charge is 0.497 e. The van der Waals surface area contributed by atoms with Crippen LogP contribution in [0.1, 0.15) is 11.4 Å². The van der Waals surface area contributed by atoms with Gasteiger partial charge < -0.3 is 15.0 Å². The number of carbonyl (C=O) groups is 1. The maximum Gasteiger partial charge on any atom is 0.238 e. The number of piperazine rings is 1. The van der Waals surface area contributed by atoms with Crippen LogP contribution in [-0.2, 0) is 11.3 Å². The Morgan fingerprint density at radius 2 is 1.93 bits per heavy atom. The van der Waals surface area contributed by atoms with Crippen molar-refractivity contribution in [2.75, 3.05) is 45.2 Å². The van der Waals surface area contributed by atoms with Gasteiger partial charge in [-0.25, -0.2) is 4.98 Å². The van der Waals surface area contributed by atoms with Crippen LogP contribution in [0, 0.1) is 6.92 Å². The fourth-order valence-corrected chi connectivity index (χ4v) is 3.69. The smallest absolute Gasteiger partial charge is 0.238 e. The van der Waals surface area contributed by atoms with Gasteiger partial charge in [0.05, 0.1) is 31.2 Å². The number of amides is 1. The summed E-state index contributed by atoms with van der Waals surface area (Å²) in [7, 11) is 1.67. The van der Waals surface area contributed by atoms with Crippen molar-refractivity contribution in [3.8, 4) is 5.75 Å². The number of aromatic amines is 1. The van der Waals surface area contributed by atoms with Gasteiger partial charge in [0.25, 0.3) is 0 Å². The third-order valence-electron chi connectivity index (χ3n) is 5.25. The van der Waals surface area contributed by atoms with E-state index in [0.29, 0.717) is 6.54 Å². The van der Waals surface area contributed by atoms with Gasteiger partial charge in [-0.1, -0.05) is 12.1 Å². The highest BCUT2D eigenvalue weighted by Gasteiger charge is 2.20. The van der Waals surface area contributed by atoms with Crippen LogP contribution in [0.5, 0.6) is 5.75 Å². The number of rotatable bonds is 6. The highest BCUT2D eigenvalue weighted by molar-refractivity contribution is 5.92. The SMILES string of the molecule is COc1ccc2nc(CN3CCN(CC(=O)Nc4cccc(C)c4)CC3)[nH]c2c1. The summed E-state index contributed by atoms with van der Waals surface area (Å²) < 4.78 is 5.27. The summed E-state index contributed by atoms with van der Waals surface area (Å²) in [5.74, 6) is 1.82. The number of H-pyrrole nitrogens is 1. The van der Waals surface area contributed by atoms with Crippen molar-refractivity contribution < 1.29 is 9.53 Å². The lowest BCUT2D eigenvalue weighted by molar-refractivity contribution is -0.117. The first kappa shape index (κ1) is 19.4. The lowest BCUT2D eigenvalue weighted by Crippen LogP contribution is -2.48. The molecule has 2 aromatic carbocycles. The number of imidazole rings is 1. The van der Waals surface area contributed by atoms with E-state index in [2.05, 4.69) is 25.1 Å². The van der Waals surface area contributed by atoms with Crippen molar-refractivity contribution in [2.45, 2.75) is 13.5 Å². The molecule has 0 bridgehead atoms. The molecule has 1 amide bonds. The van der Waals surface area contributed by atoms with Crippen LogP contribution in [0.25, 0.3) is 11.0 Å². The lowest BCUT2D eigenvalue weighted by atomic mass is 10.2. The molecule has 29 heavy (non-hydrogen) atoms. The molecule has 1 saturated heterocycles. The molecule has 2 N–H and O–H groups in total. The molecule has 3 aromatic rings. The predicted molar refractivity (Wildman–Crippen MR) is 114 cm³/mol. The van der Waals surface area contributed by atoms with E-state index in [0.717, 1.165) is 66.6 Å². The topological polar surface area (TPSA) is 73.5 Å². The Morgan fingerprint density at radius 1 is 1.14 bits per heavy atom. The number of aromatic nitrogens is 2. The Hall–Kier alpha value is -2.90. The summed E-state index contributed by atoms with van der Waals surface area (Å²) in [6, 6.07) is 13.7. The average Bonchev–Trinajstić information content (AvgIpc) is 3.10. The number of anilines is 1. The molecule has 1 aromatic heterocycles. The minimum absolute atomic E-state index is 0.0373. The normalized spacial score (nSPS) is 15.5. The third kappa shape index (κ3) is 4.93. The molecule has 0 saturated carbocycles. The zero-order valence-electron chi connectivity index (χ0n) is 16.9. The van der Waals surface area contributed by atoms with Gasteiger partial charge in [-0.15, -0.1) is 0 Å². The van der Waals surface area contributed by atoms with Crippen molar-refractivity contribution >= 4 is 22.6 Å². The van der Waals surface area contributed by atoms with E-state index < -0.39 is 0 Å². The van der Waals surface area contributed by atoms with Crippen molar-refractivity contribution in [1.82, 2.24) is 19.8 Å². The number of methoxy groups -OCH3 is 1. The van der Waals surface area contributed by atoms with Gasteiger partial charge in [-0.3, -0.25) is 14.6 Å². The molecule has 2 heterocycles. The Morgan fingerprint density at radius 3 is 2.69 bits per heavy atom. The van der Waals surface area contributed by atoms with Crippen LogP contribution < -0.4 is 10.1 Å². The van der Waals surface area contributed by atoms with Crippen LogP contribution in [0.4, 0.5) is 5.69 Å². The highest BCUT2D eigenvalue weighted by atomic mass is 16.5. The zero-order chi connectivity index (χ0) is 20.2. The van der Waals surface area contributed by atoms with E-state index in [-0.39, 0.29) is 5.91 Å². The summed E-state index contributed by atoms with van der Waals surface area (Å²) in [5, 5.41) is 2.99. The maximum atomic E-state index is 12.3. The molecule has 7 nitrogen and oxygen atoms in total. The van der Waals surface area contributed by atoms with Gasteiger partial charge in [0.2, 0.25) is 5.91 Å². The monoisotopic (exact) mass is 393 g/mol. The van der Waals surface area contributed by atoms with Gasteiger partial charge in [-0.2, -0.15) is 0 Å². The number of nitrogens with one attached hydrogen (secondary N) is 2. The maximum absolute atomic E-state index is 12.3. The molecule has 7 heteroatoms. The number of hydrogen-bond acceptors (Lipinski definition) is 5. The Kier molecular flexibility index (Phi) is 5.78. The second-order valence-electron chi connectivity index (χ2n) is 7.54. The fourth-order valence-electron chi connectivity index (χ4n) is 3.69. The number of fused-ring (bicyclic) bond motifs is 1. The molecule has 0 atom stereocenters. The van der Waals surface area contributed by atoms with Crippen LogP contribution in [0.2, 0.25) is 0 Å². The number of aryl methyl sites for hydroxylation is 1. The van der Waals surface area contributed by atoms with Gasteiger partial charge in [0, 0.05) is 37.9 Å². The second kappa shape index (κ2) is 8.63. The van der Waals surface area contributed by atoms with Gasteiger partial charge in [0.1, 0.15) is 11.6 Å².